The molecule has 0 saturated carbocycles. The molecule has 0 aliphatic carbocycles. The van der Waals surface area contributed by atoms with Crippen LogP contribution >= 0.6 is 0 Å². The molecule has 2 N–H and O–H groups in total. The van der Waals surface area contributed by atoms with Gasteiger partial charge in [-0.25, -0.2) is 13.4 Å². The molecule has 8 heteroatoms. The Bertz CT molecular complexity index is 807. The van der Waals surface area contributed by atoms with E-state index in [1.54, 1.807) is 12.1 Å². The van der Waals surface area contributed by atoms with Crippen LogP contribution in [0.2, 0.25) is 0 Å². The van der Waals surface area contributed by atoms with E-state index in [1.165, 1.54) is 6.20 Å². The maximum atomic E-state index is 11.7. The average molecular weight is 349 g/mol. The third-order valence-electron chi connectivity index (χ3n) is 3.32. The lowest BCUT2D eigenvalue weighted by atomic mass is 10.2. The summed E-state index contributed by atoms with van der Waals surface area (Å²) in [7, 11) is -3.31. The molecule has 2 heterocycles. The lowest BCUT2D eigenvalue weighted by molar-refractivity contribution is 0.171. The van der Waals surface area contributed by atoms with E-state index in [-0.39, 0.29) is 5.75 Å². The van der Waals surface area contributed by atoms with Crippen molar-refractivity contribution < 1.29 is 17.9 Å². The average Bonchev–Trinajstić information content (AvgIpc) is 2.56. The summed E-state index contributed by atoms with van der Waals surface area (Å²) in [5.74, 6) is 2.10. The Morgan fingerprint density at radius 3 is 2.54 bits per heavy atom. The summed E-state index contributed by atoms with van der Waals surface area (Å²) < 4.78 is 37.0. The second kappa shape index (κ2) is 6.96. The summed E-state index contributed by atoms with van der Waals surface area (Å²) in [5.41, 5.74) is 1.25. The molecule has 1 aliphatic heterocycles. The summed E-state index contributed by atoms with van der Waals surface area (Å²) in [6, 6.07) is 8.92. The standard InChI is InChI=1S/C16H19N3O4S/c1-2-9-24(20,21)19-13-4-6-16(17-11-13)18-12-3-5-14-15(10-12)23-8-7-22-14/h3-6,10-11,19H,2,7-9H2,1H3,(H,17,18). The van der Waals surface area contributed by atoms with Gasteiger partial charge in [0.1, 0.15) is 19.0 Å². The maximum absolute atomic E-state index is 11.7. The first-order valence-corrected chi connectivity index (χ1v) is 9.34. The second-order valence-corrected chi connectivity index (χ2v) is 7.18. The van der Waals surface area contributed by atoms with Crippen LogP contribution in [-0.4, -0.2) is 32.4 Å². The van der Waals surface area contributed by atoms with E-state index in [1.807, 2.05) is 25.1 Å². The molecular weight excluding hydrogens is 330 g/mol. The second-order valence-electron chi connectivity index (χ2n) is 5.34. The number of rotatable bonds is 6. The van der Waals surface area contributed by atoms with Gasteiger partial charge in [0.05, 0.1) is 17.6 Å². The molecule has 128 valence electrons. The van der Waals surface area contributed by atoms with Crippen molar-refractivity contribution in [1.29, 1.82) is 0 Å². The van der Waals surface area contributed by atoms with Crippen molar-refractivity contribution in [2.24, 2.45) is 0 Å². The van der Waals surface area contributed by atoms with Crippen molar-refractivity contribution in [2.45, 2.75) is 13.3 Å². The van der Waals surface area contributed by atoms with Crippen LogP contribution in [0.4, 0.5) is 17.2 Å². The fourth-order valence-corrected chi connectivity index (χ4v) is 3.42. The van der Waals surface area contributed by atoms with Crippen LogP contribution in [0.5, 0.6) is 11.5 Å². The van der Waals surface area contributed by atoms with E-state index in [2.05, 4.69) is 15.0 Å². The number of hydrogen-bond donors (Lipinski definition) is 2. The van der Waals surface area contributed by atoms with Gasteiger partial charge in [0.15, 0.2) is 11.5 Å². The van der Waals surface area contributed by atoms with Crippen LogP contribution in [0, 0.1) is 0 Å². The van der Waals surface area contributed by atoms with Crippen molar-refractivity contribution in [3.63, 3.8) is 0 Å². The number of pyridine rings is 1. The van der Waals surface area contributed by atoms with Crippen LogP contribution in [0.3, 0.4) is 0 Å². The maximum Gasteiger partial charge on any atom is 0.232 e. The summed E-state index contributed by atoms with van der Waals surface area (Å²) >= 11 is 0. The Hall–Kier alpha value is -2.48. The molecule has 0 saturated heterocycles. The number of fused-ring (bicyclic) bond motifs is 1. The van der Waals surface area contributed by atoms with Gasteiger partial charge >= 0.3 is 0 Å². The third kappa shape index (κ3) is 4.08. The molecule has 7 nitrogen and oxygen atoms in total. The Kier molecular flexibility index (Phi) is 4.75. The topological polar surface area (TPSA) is 89.6 Å². The Balaban J connectivity index is 1.68. The Labute approximate surface area is 141 Å². The predicted octanol–water partition coefficient (Wildman–Crippen LogP) is 2.75. The monoisotopic (exact) mass is 349 g/mol. The number of hydrogen-bond acceptors (Lipinski definition) is 6. The van der Waals surface area contributed by atoms with E-state index in [0.29, 0.717) is 36.9 Å². The number of nitrogens with one attached hydrogen (secondary N) is 2. The first kappa shape index (κ1) is 16.4. The first-order valence-electron chi connectivity index (χ1n) is 7.69. The Morgan fingerprint density at radius 1 is 1.08 bits per heavy atom. The zero-order valence-electron chi connectivity index (χ0n) is 13.3. The van der Waals surface area contributed by atoms with E-state index < -0.39 is 10.0 Å². The van der Waals surface area contributed by atoms with Crippen LogP contribution in [0.1, 0.15) is 13.3 Å². The molecular formula is C16H19N3O4S. The number of anilines is 3. The molecule has 0 bridgehead atoms. The molecule has 0 unspecified atom stereocenters. The largest absolute Gasteiger partial charge is 0.486 e. The summed E-state index contributed by atoms with van der Waals surface area (Å²) in [4.78, 5) is 4.22. The molecule has 0 fully saturated rings. The van der Waals surface area contributed by atoms with Gasteiger partial charge in [-0.1, -0.05) is 6.92 Å². The van der Waals surface area contributed by atoms with Crippen LogP contribution in [0.15, 0.2) is 36.5 Å². The minimum atomic E-state index is -3.31. The number of aromatic nitrogens is 1. The van der Waals surface area contributed by atoms with Gasteiger partial charge in [-0.15, -0.1) is 0 Å². The fourth-order valence-electron chi connectivity index (χ4n) is 2.30. The van der Waals surface area contributed by atoms with Gasteiger partial charge < -0.3 is 14.8 Å². The van der Waals surface area contributed by atoms with E-state index in [4.69, 9.17) is 9.47 Å². The molecule has 0 spiro atoms. The molecule has 3 rings (SSSR count). The van der Waals surface area contributed by atoms with Gasteiger partial charge in [-0.2, -0.15) is 0 Å². The van der Waals surface area contributed by atoms with Crippen LogP contribution in [-0.2, 0) is 10.0 Å². The fraction of sp³-hybridized carbons (Fsp3) is 0.312. The van der Waals surface area contributed by atoms with Gasteiger partial charge in [0, 0.05) is 11.8 Å². The van der Waals surface area contributed by atoms with Gasteiger partial charge in [0.25, 0.3) is 0 Å². The number of benzene rings is 1. The highest BCUT2D eigenvalue weighted by molar-refractivity contribution is 7.92. The number of sulfonamides is 1. The van der Waals surface area contributed by atoms with Crippen molar-refractivity contribution in [3.8, 4) is 11.5 Å². The van der Waals surface area contributed by atoms with Crippen molar-refractivity contribution in [2.75, 3.05) is 29.0 Å². The zero-order chi connectivity index (χ0) is 17.0. The molecule has 1 aromatic carbocycles. The highest BCUT2D eigenvalue weighted by Gasteiger charge is 2.12. The predicted molar refractivity (Wildman–Crippen MR) is 92.7 cm³/mol. The van der Waals surface area contributed by atoms with Crippen molar-refractivity contribution >= 4 is 27.2 Å². The minimum absolute atomic E-state index is 0.0875. The Morgan fingerprint density at radius 2 is 1.83 bits per heavy atom. The first-order chi connectivity index (χ1) is 11.6. The quantitative estimate of drug-likeness (QED) is 0.833. The van der Waals surface area contributed by atoms with Crippen molar-refractivity contribution in [3.05, 3.63) is 36.5 Å². The summed E-state index contributed by atoms with van der Waals surface area (Å²) in [6.45, 7) is 2.90. The lowest BCUT2D eigenvalue weighted by Crippen LogP contribution is -2.16. The van der Waals surface area contributed by atoms with Gasteiger partial charge in [-0.3, -0.25) is 4.72 Å². The lowest BCUT2D eigenvalue weighted by Gasteiger charge is -2.19. The molecule has 0 radical (unpaired) electrons. The number of nitrogens with zero attached hydrogens (tertiary/aromatic N) is 1. The third-order valence-corrected chi connectivity index (χ3v) is 4.82. The molecule has 2 aromatic rings. The van der Waals surface area contributed by atoms with E-state index >= 15 is 0 Å². The minimum Gasteiger partial charge on any atom is -0.486 e. The van der Waals surface area contributed by atoms with Crippen LogP contribution in [0.25, 0.3) is 0 Å². The SMILES string of the molecule is CCCS(=O)(=O)Nc1ccc(Nc2ccc3c(c2)OCCO3)nc1. The highest BCUT2D eigenvalue weighted by Crippen LogP contribution is 2.33. The van der Waals surface area contributed by atoms with E-state index in [0.717, 1.165) is 11.4 Å². The normalized spacial score (nSPS) is 13.4. The highest BCUT2D eigenvalue weighted by atomic mass is 32.2. The summed E-state index contributed by atoms with van der Waals surface area (Å²) in [6.07, 6.45) is 2.04. The zero-order valence-corrected chi connectivity index (χ0v) is 14.1. The molecule has 0 atom stereocenters. The van der Waals surface area contributed by atoms with E-state index in [9.17, 15) is 8.42 Å². The molecule has 24 heavy (non-hydrogen) atoms. The van der Waals surface area contributed by atoms with Crippen molar-refractivity contribution in [1.82, 2.24) is 4.98 Å². The molecule has 0 amide bonds. The molecule has 1 aliphatic rings. The van der Waals surface area contributed by atoms with Gasteiger partial charge in [0.2, 0.25) is 10.0 Å². The summed E-state index contributed by atoms with van der Waals surface area (Å²) in [5, 5.41) is 3.15. The number of ether oxygens (including phenoxy) is 2. The smallest absolute Gasteiger partial charge is 0.232 e. The molecule has 1 aromatic heterocycles. The van der Waals surface area contributed by atoms with Crippen LogP contribution < -0.4 is 19.5 Å². The van der Waals surface area contributed by atoms with Gasteiger partial charge in [-0.05, 0) is 30.7 Å².